The first kappa shape index (κ1) is 14.0. The summed E-state index contributed by atoms with van der Waals surface area (Å²) in [5, 5.41) is 3.70. The van der Waals surface area contributed by atoms with E-state index in [0.717, 1.165) is 0 Å². The van der Waals surface area contributed by atoms with Crippen LogP contribution in [0.2, 0.25) is 0 Å². The molecule has 0 heterocycles. The van der Waals surface area contributed by atoms with Crippen LogP contribution in [0.4, 0.5) is 0 Å². The zero-order chi connectivity index (χ0) is 13.0. The predicted molar refractivity (Wildman–Crippen MR) is 82.5 cm³/mol. The number of hydrogen-bond acceptors (Lipinski definition) is 2. The Bertz CT molecular complexity index is 389. The maximum absolute atomic E-state index is 3.70. The van der Waals surface area contributed by atoms with Gasteiger partial charge in [-0.3, -0.25) is 0 Å². The van der Waals surface area contributed by atoms with Crippen molar-refractivity contribution < 1.29 is 0 Å². The van der Waals surface area contributed by atoms with E-state index in [2.05, 4.69) is 44.3 Å². The van der Waals surface area contributed by atoms with Crippen molar-refractivity contribution in [3.05, 3.63) is 34.9 Å². The van der Waals surface area contributed by atoms with E-state index in [4.69, 9.17) is 0 Å². The van der Waals surface area contributed by atoms with Crippen molar-refractivity contribution in [2.45, 2.75) is 52.1 Å². The summed E-state index contributed by atoms with van der Waals surface area (Å²) in [7, 11) is 0. The van der Waals surface area contributed by atoms with Gasteiger partial charge in [-0.1, -0.05) is 25.1 Å². The van der Waals surface area contributed by atoms with Crippen LogP contribution in [0, 0.1) is 0 Å². The fourth-order valence-electron chi connectivity index (χ4n) is 2.73. The van der Waals surface area contributed by atoms with Crippen molar-refractivity contribution in [1.82, 2.24) is 5.32 Å². The molecule has 0 fully saturated rings. The highest BCUT2D eigenvalue weighted by Gasteiger charge is 2.14. The summed E-state index contributed by atoms with van der Waals surface area (Å²) in [6.45, 7) is 6.79. The molecule has 1 aromatic rings. The van der Waals surface area contributed by atoms with Crippen LogP contribution in [0.5, 0.6) is 0 Å². The molecule has 0 aliphatic heterocycles. The lowest BCUT2D eigenvalue weighted by Gasteiger charge is -2.20. The molecule has 18 heavy (non-hydrogen) atoms. The standard InChI is InChI=1S/C16H25NS/c1-4-18-11-12(2)17-13(3)15-9-8-14-6-5-7-16(14)10-15/h8-10,12-13,17H,4-7,11H2,1-3H3. The molecule has 0 aromatic heterocycles. The zero-order valence-corrected chi connectivity index (χ0v) is 12.6. The third-order valence-corrected chi connectivity index (χ3v) is 4.87. The molecule has 1 aliphatic carbocycles. The van der Waals surface area contributed by atoms with Gasteiger partial charge in [0.25, 0.3) is 0 Å². The topological polar surface area (TPSA) is 12.0 Å². The second kappa shape index (κ2) is 6.63. The Morgan fingerprint density at radius 3 is 2.78 bits per heavy atom. The van der Waals surface area contributed by atoms with Gasteiger partial charge < -0.3 is 5.32 Å². The molecule has 1 nitrogen and oxygen atoms in total. The van der Waals surface area contributed by atoms with Crippen molar-refractivity contribution in [2.24, 2.45) is 0 Å². The van der Waals surface area contributed by atoms with Gasteiger partial charge >= 0.3 is 0 Å². The van der Waals surface area contributed by atoms with Gasteiger partial charge in [0.2, 0.25) is 0 Å². The normalized spacial score (nSPS) is 17.5. The Labute approximate surface area is 116 Å². The van der Waals surface area contributed by atoms with Crippen molar-refractivity contribution >= 4 is 11.8 Å². The highest BCUT2D eigenvalue weighted by atomic mass is 32.2. The van der Waals surface area contributed by atoms with Gasteiger partial charge in [-0.15, -0.1) is 0 Å². The fourth-order valence-corrected chi connectivity index (χ4v) is 3.41. The monoisotopic (exact) mass is 263 g/mol. The van der Waals surface area contributed by atoms with Gasteiger partial charge in [0.15, 0.2) is 0 Å². The Kier molecular flexibility index (Phi) is 5.13. The van der Waals surface area contributed by atoms with Crippen LogP contribution in [0.1, 0.15) is 49.9 Å². The molecule has 1 aliphatic rings. The number of thioether (sulfide) groups is 1. The number of hydrogen-bond donors (Lipinski definition) is 1. The minimum atomic E-state index is 0.461. The molecular weight excluding hydrogens is 238 g/mol. The third-order valence-electron chi connectivity index (χ3n) is 3.73. The van der Waals surface area contributed by atoms with Crippen molar-refractivity contribution in [3.8, 4) is 0 Å². The smallest absolute Gasteiger partial charge is 0.0294 e. The number of benzene rings is 1. The molecule has 0 amide bonds. The van der Waals surface area contributed by atoms with E-state index in [9.17, 15) is 0 Å². The van der Waals surface area contributed by atoms with Crippen molar-refractivity contribution in [2.75, 3.05) is 11.5 Å². The second-order valence-electron chi connectivity index (χ2n) is 5.33. The summed E-state index contributed by atoms with van der Waals surface area (Å²) in [6, 6.07) is 8.10. The first-order valence-electron chi connectivity index (χ1n) is 7.16. The highest BCUT2D eigenvalue weighted by Crippen LogP contribution is 2.25. The molecule has 0 bridgehead atoms. The summed E-state index contributed by atoms with van der Waals surface area (Å²) in [6.07, 6.45) is 3.89. The first-order valence-corrected chi connectivity index (χ1v) is 8.31. The fraction of sp³-hybridized carbons (Fsp3) is 0.625. The van der Waals surface area contributed by atoms with Crippen LogP contribution >= 0.6 is 11.8 Å². The maximum Gasteiger partial charge on any atom is 0.0294 e. The average Bonchev–Trinajstić information content (AvgIpc) is 2.83. The van der Waals surface area contributed by atoms with Crippen LogP contribution < -0.4 is 5.32 Å². The van der Waals surface area contributed by atoms with Crippen LogP contribution in [-0.4, -0.2) is 17.5 Å². The van der Waals surface area contributed by atoms with Crippen molar-refractivity contribution in [1.29, 1.82) is 0 Å². The minimum Gasteiger partial charge on any atom is -0.307 e. The second-order valence-corrected chi connectivity index (χ2v) is 6.65. The van der Waals surface area contributed by atoms with E-state index >= 15 is 0 Å². The molecular formula is C16H25NS. The molecule has 2 rings (SSSR count). The van der Waals surface area contributed by atoms with Crippen LogP contribution in [0.25, 0.3) is 0 Å². The Morgan fingerprint density at radius 1 is 1.22 bits per heavy atom. The lowest BCUT2D eigenvalue weighted by atomic mass is 10.0. The summed E-state index contributed by atoms with van der Waals surface area (Å²) in [5.74, 6) is 2.41. The molecule has 0 spiro atoms. The molecule has 100 valence electrons. The first-order chi connectivity index (χ1) is 8.70. The molecule has 2 unspecified atom stereocenters. The minimum absolute atomic E-state index is 0.461. The number of rotatable bonds is 6. The lowest BCUT2D eigenvalue weighted by Crippen LogP contribution is -2.31. The van der Waals surface area contributed by atoms with Gasteiger partial charge in [-0.05, 0) is 55.6 Å². The molecule has 2 heteroatoms. The molecule has 0 saturated carbocycles. The van der Waals surface area contributed by atoms with Gasteiger partial charge in [0.05, 0.1) is 0 Å². The summed E-state index contributed by atoms with van der Waals surface area (Å²) < 4.78 is 0. The van der Waals surface area contributed by atoms with Gasteiger partial charge in [-0.25, -0.2) is 0 Å². The molecule has 0 saturated heterocycles. The van der Waals surface area contributed by atoms with Crippen LogP contribution in [0.3, 0.4) is 0 Å². The van der Waals surface area contributed by atoms with Crippen LogP contribution in [0.15, 0.2) is 18.2 Å². The summed E-state index contributed by atoms with van der Waals surface area (Å²) in [5.41, 5.74) is 4.60. The predicted octanol–water partition coefficient (Wildman–Crippen LogP) is 3.97. The zero-order valence-electron chi connectivity index (χ0n) is 11.8. The van der Waals surface area contributed by atoms with Crippen LogP contribution in [-0.2, 0) is 12.8 Å². The highest BCUT2D eigenvalue weighted by molar-refractivity contribution is 7.99. The van der Waals surface area contributed by atoms with Crippen molar-refractivity contribution in [3.63, 3.8) is 0 Å². The summed E-state index contributed by atoms with van der Waals surface area (Å²) >= 11 is 2.01. The number of nitrogens with one attached hydrogen (secondary N) is 1. The molecule has 1 aromatic carbocycles. The summed E-state index contributed by atoms with van der Waals surface area (Å²) in [4.78, 5) is 0. The molecule has 0 radical (unpaired) electrons. The quantitative estimate of drug-likeness (QED) is 0.833. The van der Waals surface area contributed by atoms with Gasteiger partial charge in [0.1, 0.15) is 0 Å². The van der Waals surface area contributed by atoms with Gasteiger partial charge in [0, 0.05) is 17.8 Å². The van der Waals surface area contributed by atoms with E-state index in [1.165, 1.54) is 36.3 Å². The average molecular weight is 263 g/mol. The third kappa shape index (κ3) is 3.52. The Morgan fingerprint density at radius 2 is 2.00 bits per heavy atom. The van der Waals surface area contributed by atoms with E-state index in [1.54, 1.807) is 11.1 Å². The Balaban J connectivity index is 1.94. The van der Waals surface area contributed by atoms with E-state index < -0.39 is 0 Å². The Hall–Kier alpha value is -0.470. The lowest BCUT2D eigenvalue weighted by molar-refractivity contribution is 0.511. The van der Waals surface area contributed by atoms with E-state index in [1.807, 2.05) is 11.8 Å². The van der Waals surface area contributed by atoms with E-state index in [-0.39, 0.29) is 0 Å². The molecule has 2 atom stereocenters. The number of aryl methyl sites for hydroxylation is 2. The van der Waals surface area contributed by atoms with Gasteiger partial charge in [-0.2, -0.15) is 11.8 Å². The SMILES string of the molecule is CCSCC(C)NC(C)c1ccc2c(c1)CCC2. The number of fused-ring (bicyclic) bond motifs is 1. The largest absolute Gasteiger partial charge is 0.307 e. The maximum atomic E-state index is 3.70. The van der Waals surface area contributed by atoms with E-state index in [0.29, 0.717) is 12.1 Å². The molecule has 1 N–H and O–H groups in total.